The summed E-state index contributed by atoms with van der Waals surface area (Å²) in [5.74, 6) is -0.496. The number of rotatable bonds is 5. The molecule has 0 saturated carbocycles. The largest absolute Gasteiger partial charge is 0.573 e. The molecule has 1 saturated heterocycles. The summed E-state index contributed by atoms with van der Waals surface area (Å²) in [6.07, 6.45) is -5.34. The predicted octanol–water partition coefficient (Wildman–Crippen LogP) is 5.34. The standard InChI is InChI=1S/C22H25F5N4O3/c1-12-16(13-6-8-15(9-7-13)33-22(25,26)27)28-17(29-18(12)30(5)19(23)24)14-10-31(11-14)20(32)34-21(2,3)4/h6-9,14,19H,10-11H2,1-5H3. The normalized spacial score (nSPS) is 14.7. The molecule has 7 nitrogen and oxygen atoms in total. The Labute approximate surface area is 193 Å². The summed E-state index contributed by atoms with van der Waals surface area (Å²) in [6.45, 7) is 4.44. The molecule has 0 unspecified atom stereocenters. The highest BCUT2D eigenvalue weighted by atomic mass is 19.4. The van der Waals surface area contributed by atoms with Crippen LogP contribution in [0.2, 0.25) is 0 Å². The molecule has 1 aromatic carbocycles. The highest BCUT2D eigenvalue weighted by molar-refractivity contribution is 5.71. The van der Waals surface area contributed by atoms with Crippen molar-refractivity contribution in [2.45, 2.75) is 52.1 Å². The monoisotopic (exact) mass is 488 g/mol. The lowest BCUT2D eigenvalue weighted by Crippen LogP contribution is -2.50. The van der Waals surface area contributed by atoms with Crippen LogP contribution in [0.25, 0.3) is 11.3 Å². The molecule has 0 aliphatic carbocycles. The Kier molecular flexibility index (Phi) is 6.90. The second-order valence-electron chi connectivity index (χ2n) is 8.92. The summed E-state index contributed by atoms with van der Waals surface area (Å²) in [5, 5.41) is 0. The number of alkyl halides is 5. The first-order valence-electron chi connectivity index (χ1n) is 10.4. The van der Waals surface area contributed by atoms with Gasteiger partial charge in [-0.3, -0.25) is 0 Å². The van der Waals surface area contributed by atoms with Crippen LogP contribution in [0.1, 0.15) is 38.1 Å². The zero-order valence-corrected chi connectivity index (χ0v) is 19.3. The number of amides is 1. The van der Waals surface area contributed by atoms with Crippen LogP contribution < -0.4 is 9.64 Å². The first-order valence-corrected chi connectivity index (χ1v) is 10.4. The summed E-state index contributed by atoms with van der Waals surface area (Å²) in [7, 11) is 1.18. The second kappa shape index (κ2) is 9.22. The molecule has 12 heteroatoms. The van der Waals surface area contributed by atoms with Gasteiger partial charge in [0, 0.05) is 31.3 Å². The summed E-state index contributed by atoms with van der Waals surface area (Å²) >= 11 is 0. The maximum Gasteiger partial charge on any atom is 0.573 e. The van der Waals surface area contributed by atoms with Crippen LogP contribution in [0.15, 0.2) is 24.3 Å². The molecular weight excluding hydrogens is 463 g/mol. The van der Waals surface area contributed by atoms with E-state index >= 15 is 0 Å². The van der Waals surface area contributed by atoms with E-state index in [-0.39, 0.29) is 30.6 Å². The number of benzene rings is 1. The number of anilines is 1. The molecule has 2 heterocycles. The van der Waals surface area contributed by atoms with Crippen LogP contribution in [-0.2, 0) is 4.74 Å². The van der Waals surface area contributed by atoms with Gasteiger partial charge >= 0.3 is 19.0 Å². The van der Waals surface area contributed by atoms with Crippen LogP contribution in [0.4, 0.5) is 32.6 Å². The minimum Gasteiger partial charge on any atom is -0.444 e. The molecule has 1 aliphatic rings. The topological polar surface area (TPSA) is 67.8 Å². The van der Waals surface area contributed by atoms with Gasteiger partial charge in [-0.25, -0.2) is 14.8 Å². The van der Waals surface area contributed by atoms with E-state index in [1.807, 2.05) is 0 Å². The van der Waals surface area contributed by atoms with Gasteiger partial charge in [0.25, 0.3) is 0 Å². The molecule has 0 radical (unpaired) electrons. The molecule has 34 heavy (non-hydrogen) atoms. The third-order valence-electron chi connectivity index (χ3n) is 5.02. The Morgan fingerprint density at radius 3 is 2.21 bits per heavy atom. The molecule has 1 aromatic heterocycles. The van der Waals surface area contributed by atoms with E-state index in [9.17, 15) is 26.7 Å². The Morgan fingerprint density at radius 2 is 1.71 bits per heavy atom. The fraction of sp³-hybridized carbons (Fsp3) is 0.500. The van der Waals surface area contributed by atoms with Crippen molar-refractivity contribution < 1.29 is 36.2 Å². The molecule has 2 aromatic rings. The summed E-state index contributed by atoms with van der Waals surface area (Å²) in [5.41, 5.74) is 0.370. The minimum absolute atomic E-state index is 0.0127. The number of hydrogen-bond donors (Lipinski definition) is 0. The number of carbonyl (C=O) groups excluding carboxylic acids is 1. The maximum absolute atomic E-state index is 13.5. The molecule has 1 fully saturated rings. The van der Waals surface area contributed by atoms with Crippen molar-refractivity contribution in [3.05, 3.63) is 35.7 Å². The van der Waals surface area contributed by atoms with Gasteiger partial charge < -0.3 is 19.3 Å². The van der Waals surface area contributed by atoms with E-state index in [0.29, 0.717) is 21.7 Å². The smallest absolute Gasteiger partial charge is 0.444 e. The first kappa shape index (κ1) is 25.4. The van der Waals surface area contributed by atoms with Crippen LogP contribution in [0.5, 0.6) is 5.75 Å². The molecule has 186 valence electrons. The average molecular weight is 488 g/mol. The number of halogens is 5. The summed E-state index contributed by atoms with van der Waals surface area (Å²) < 4.78 is 73.5. The third kappa shape index (κ3) is 6.03. The molecule has 0 bridgehead atoms. The highest BCUT2D eigenvalue weighted by Gasteiger charge is 2.37. The van der Waals surface area contributed by atoms with Gasteiger partial charge in [-0.05, 0) is 52.0 Å². The molecule has 0 spiro atoms. The average Bonchev–Trinajstić information content (AvgIpc) is 2.65. The fourth-order valence-electron chi connectivity index (χ4n) is 3.35. The lowest BCUT2D eigenvalue weighted by atomic mass is 9.98. The van der Waals surface area contributed by atoms with Gasteiger partial charge in [-0.2, -0.15) is 8.78 Å². The van der Waals surface area contributed by atoms with Crippen LogP contribution in [0.3, 0.4) is 0 Å². The molecular formula is C22H25F5N4O3. The Morgan fingerprint density at radius 1 is 1.12 bits per heavy atom. The molecule has 0 N–H and O–H groups in total. The summed E-state index contributed by atoms with van der Waals surface area (Å²) in [6, 6.07) is 4.96. The number of nitrogens with zero attached hydrogens (tertiary/aromatic N) is 4. The van der Waals surface area contributed by atoms with E-state index < -0.39 is 30.4 Å². The Hall–Kier alpha value is -3.18. The molecule has 1 aliphatic heterocycles. The van der Waals surface area contributed by atoms with Crippen LogP contribution >= 0.6 is 0 Å². The SMILES string of the molecule is Cc1c(-c2ccc(OC(F)(F)F)cc2)nc(C2CN(C(=O)OC(C)(C)C)C2)nc1N(C)C(F)F. The predicted molar refractivity (Wildman–Crippen MR) is 114 cm³/mol. The quantitative estimate of drug-likeness (QED) is 0.418. The van der Waals surface area contributed by atoms with Crippen molar-refractivity contribution in [3.8, 4) is 17.0 Å². The number of ether oxygens (including phenoxy) is 2. The van der Waals surface area contributed by atoms with Gasteiger partial charge in [0.15, 0.2) is 0 Å². The zero-order valence-electron chi connectivity index (χ0n) is 19.3. The van der Waals surface area contributed by atoms with Crippen molar-refractivity contribution in [2.75, 3.05) is 25.0 Å². The number of aromatic nitrogens is 2. The van der Waals surface area contributed by atoms with E-state index in [0.717, 1.165) is 12.1 Å². The second-order valence-corrected chi connectivity index (χ2v) is 8.92. The van der Waals surface area contributed by atoms with Crippen molar-refractivity contribution in [3.63, 3.8) is 0 Å². The summed E-state index contributed by atoms with van der Waals surface area (Å²) in [4.78, 5) is 23.2. The Balaban J connectivity index is 1.91. The van der Waals surface area contributed by atoms with E-state index in [4.69, 9.17) is 4.74 Å². The van der Waals surface area contributed by atoms with Gasteiger partial charge in [0.2, 0.25) is 0 Å². The highest BCUT2D eigenvalue weighted by Crippen LogP contribution is 2.34. The van der Waals surface area contributed by atoms with Crippen LogP contribution in [-0.4, -0.2) is 59.6 Å². The number of carbonyl (C=O) groups is 1. The van der Waals surface area contributed by atoms with Crippen molar-refractivity contribution in [1.82, 2.24) is 14.9 Å². The molecule has 0 atom stereocenters. The van der Waals surface area contributed by atoms with E-state index in [2.05, 4.69) is 14.7 Å². The maximum atomic E-state index is 13.5. The fourth-order valence-corrected chi connectivity index (χ4v) is 3.35. The number of hydrogen-bond acceptors (Lipinski definition) is 6. The van der Waals surface area contributed by atoms with Gasteiger partial charge in [-0.15, -0.1) is 13.2 Å². The van der Waals surface area contributed by atoms with E-state index in [1.54, 1.807) is 27.7 Å². The molecule has 1 amide bonds. The lowest BCUT2D eigenvalue weighted by Gasteiger charge is -2.39. The van der Waals surface area contributed by atoms with Crippen molar-refractivity contribution in [2.24, 2.45) is 0 Å². The van der Waals surface area contributed by atoms with Gasteiger partial charge in [-0.1, -0.05) is 0 Å². The Bertz CT molecular complexity index is 1030. The van der Waals surface area contributed by atoms with Crippen LogP contribution in [0, 0.1) is 6.92 Å². The third-order valence-corrected chi connectivity index (χ3v) is 5.02. The molecule has 3 rings (SSSR count). The van der Waals surface area contributed by atoms with Gasteiger partial charge in [0.05, 0.1) is 11.6 Å². The van der Waals surface area contributed by atoms with Gasteiger partial charge in [0.1, 0.15) is 23.0 Å². The lowest BCUT2D eigenvalue weighted by molar-refractivity contribution is -0.274. The van der Waals surface area contributed by atoms with E-state index in [1.165, 1.54) is 24.1 Å². The van der Waals surface area contributed by atoms with Crippen molar-refractivity contribution >= 4 is 11.9 Å². The van der Waals surface area contributed by atoms with Crippen molar-refractivity contribution in [1.29, 1.82) is 0 Å². The zero-order chi connectivity index (χ0) is 25.4. The first-order chi connectivity index (χ1) is 15.6. The number of likely N-dealkylation sites (tertiary alicyclic amines) is 1. The minimum atomic E-state index is -4.84.